The van der Waals surface area contributed by atoms with E-state index in [4.69, 9.17) is 9.47 Å². The lowest BCUT2D eigenvalue weighted by Gasteiger charge is -2.19. The molecule has 0 fully saturated rings. The van der Waals surface area contributed by atoms with Crippen LogP contribution in [0.25, 0.3) is 0 Å². The summed E-state index contributed by atoms with van der Waals surface area (Å²) in [6.07, 6.45) is -0.252. The summed E-state index contributed by atoms with van der Waals surface area (Å²) >= 11 is 0. The molecule has 3 N–H and O–H groups in total. The van der Waals surface area contributed by atoms with Crippen molar-refractivity contribution in [2.75, 3.05) is 13.2 Å². The molecule has 0 radical (unpaired) electrons. The number of benzene rings is 2. The van der Waals surface area contributed by atoms with Crippen molar-refractivity contribution in [1.29, 1.82) is 0 Å². The van der Waals surface area contributed by atoms with E-state index in [0.29, 0.717) is 0 Å². The van der Waals surface area contributed by atoms with Crippen LogP contribution >= 0.6 is 0 Å². The van der Waals surface area contributed by atoms with E-state index in [1.807, 2.05) is 62.4 Å². The van der Waals surface area contributed by atoms with Gasteiger partial charge in [0.05, 0.1) is 6.54 Å². The van der Waals surface area contributed by atoms with Crippen molar-refractivity contribution in [2.45, 2.75) is 52.3 Å². The minimum atomic E-state index is -1.00. The van der Waals surface area contributed by atoms with Gasteiger partial charge in [-0.3, -0.25) is 14.4 Å². The van der Waals surface area contributed by atoms with Gasteiger partial charge in [0.2, 0.25) is 11.8 Å². The van der Waals surface area contributed by atoms with Gasteiger partial charge in [-0.15, -0.1) is 0 Å². The number of amides is 3. The predicted octanol–water partition coefficient (Wildman–Crippen LogP) is 2.30. The van der Waals surface area contributed by atoms with Crippen LogP contribution in [0.15, 0.2) is 60.7 Å². The molecule has 2 aromatic rings. The van der Waals surface area contributed by atoms with Gasteiger partial charge in [-0.25, -0.2) is 9.59 Å². The molecule has 0 spiro atoms. The Kier molecular flexibility index (Phi) is 12.5. The monoisotopic (exact) mass is 525 g/mol. The van der Waals surface area contributed by atoms with E-state index >= 15 is 0 Å². The molecule has 0 aromatic heterocycles. The quantitative estimate of drug-likeness (QED) is 0.322. The molecule has 0 unspecified atom stereocenters. The van der Waals surface area contributed by atoms with E-state index in [2.05, 4.69) is 16.0 Å². The van der Waals surface area contributed by atoms with Gasteiger partial charge >= 0.3 is 12.1 Å². The van der Waals surface area contributed by atoms with Gasteiger partial charge < -0.3 is 25.4 Å². The number of nitrogens with one attached hydrogen (secondary N) is 3. The number of rotatable bonds is 14. The lowest BCUT2D eigenvalue weighted by atomic mass is 10.0. The first-order valence-electron chi connectivity index (χ1n) is 12.4. The highest BCUT2D eigenvalue weighted by Gasteiger charge is 2.25. The standard InChI is InChI=1S/C28H35N3O7/c1-19(2)14-25(31-28(36)38-17-22-12-8-5-9-13-22)27(35)37-18-23(33)16-29-26(34)24(30-20(3)32)15-21-10-6-4-7-11-21/h4-13,19,24-25H,14-18H2,1-3H3,(H,29,34)(H,30,32)(H,31,36)/t24-,25-/m0/s1. The Morgan fingerprint density at radius 2 is 1.39 bits per heavy atom. The van der Waals surface area contributed by atoms with Crippen LogP contribution in [-0.4, -0.2) is 54.9 Å². The third-order valence-corrected chi connectivity index (χ3v) is 5.31. The first-order chi connectivity index (χ1) is 18.1. The molecule has 38 heavy (non-hydrogen) atoms. The summed E-state index contributed by atoms with van der Waals surface area (Å²) in [5.74, 6) is -2.21. The molecule has 2 atom stereocenters. The third kappa shape index (κ3) is 11.7. The minimum Gasteiger partial charge on any atom is -0.456 e. The summed E-state index contributed by atoms with van der Waals surface area (Å²) in [6, 6.07) is 16.3. The van der Waals surface area contributed by atoms with E-state index in [0.717, 1.165) is 11.1 Å². The molecular formula is C28H35N3O7. The third-order valence-electron chi connectivity index (χ3n) is 5.31. The van der Waals surface area contributed by atoms with Crippen LogP contribution in [-0.2, 0) is 41.7 Å². The number of Topliss-reactive ketones (excluding diaryl/α,β-unsaturated/α-hetero) is 1. The Bertz CT molecular complexity index is 1070. The molecule has 3 amide bonds. The molecule has 10 heteroatoms. The molecule has 0 saturated heterocycles. The van der Waals surface area contributed by atoms with Gasteiger partial charge in [-0.2, -0.15) is 0 Å². The van der Waals surface area contributed by atoms with Gasteiger partial charge in [0.25, 0.3) is 0 Å². The lowest BCUT2D eigenvalue weighted by Crippen LogP contribution is -2.49. The number of alkyl carbamates (subject to hydrolysis) is 1. The first kappa shape index (κ1) is 30.0. The highest BCUT2D eigenvalue weighted by molar-refractivity contribution is 5.92. The normalized spacial score (nSPS) is 12.1. The molecule has 0 aliphatic carbocycles. The second kappa shape index (κ2) is 15.8. The molecular weight excluding hydrogens is 490 g/mol. The maximum absolute atomic E-state index is 12.6. The van der Waals surface area contributed by atoms with Gasteiger partial charge in [-0.05, 0) is 23.5 Å². The molecule has 0 heterocycles. The van der Waals surface area contributed by atoms with Gasteiger partial charge in [0.1, 0.15) is 18.7 Å². The van der Waals surface area contributed by atoms with E-state index in [-0.39, 0.29) is 31.3 Å². The summed E-state index contributed by atoms with van der Waals surface area (Å²) in [5.41, 5.74) is 1.63. The van der Waals surface area contributed by atoms with Crippen LogP contribution in [0.1, 0.15) is 38.3 Å². The topological polar surface area (TPSA) is 140 Å². The Morgan fingerprint density at radius 1 is 0.789 bits per heavy atom. The summed E-state index contributed by atoms with van der Waals surface area (Å²) in [4.78, 5) is 61.2. The zero-order chi connectivity index (χ0) is 27.9. The van der Waals surface area contributed by atoms with Crippen LogP contribution < -0.4 is 16.0 Å². The fourth-order valence-electron chi connectivity index (χ4n) is 3.51. The first-order valence-corrected chi connectivity index (χ1v) is 12.4. The number of ketones is 1. The van der Waals surface area contributed by atoms with Gasteiger partial charge in [0, 0.05) is 13.3 Å². The summed E-state index contributed by atoms with van der Waals surface area (Å²) in [6.45, 7) is 4.11. The average Bonchev–Trinajstić information content (AvgIpc) is 2.89. The number of ether oxygens (including phenoxy) is 2. The van der Waals surface area contributed by atoms with Crippen molar-refractivity contribution in [3.8, 4) is 0 Å². The summed E-state index contributed by atoms with van der Waals surface area (Å²) < 4.78 is 10.3. The zero-order valence-corrected chi connectivity index (χ0v) is 21.9. The van der Waals surface area contributed by atoms with Crippen LogP contribution in [0.5, 0.6) is 0 Å². The average molecular weight is 526 g/mol. The Hall–Kier alpha value is -4.21. The fraction of sp³-hybridized carbons (Fsp3) is 0.393. The van der Waals surface area contributed by atoms with Crippen molar-refractivity contribution in [3.63, 3.8) is 0 Å². The highest BCUT2D eigenvalue weighted by Crippen LogP contribution is 2.08. The smallest absolute Gasteiger partial charge is 0.408 e. The molecule has 10 nitrogen and oxygen atoms in total. The molecule has 0 saturated carbocycles. The fourth-order valence-corrected chi connectivity index (χ4v) is 3.51. The number of esters is 1. The van der Waals surface area contributed by atoms with Crippen LogP contribution in [0.2, 0.25) is 0 Å². The van der Waals surface area contributed by atoms with E-state index < -0.39 is 49.0 Å². The van der Waals surface area contributed by atoms with Crippen molar-refractivity contribution < 1.29 is 33.4 Å². The van der Waals surface area contributed by atoms with Crippen LogP contribution in [0.4, 0.5) is 4.79 Å². The lowest BCUT2D eigenvalue weighted by molar-refractivity contribution is -0.150. The van der Waals surface area contributed by atoms with Crippen molar-refractivity contribution in [2.24, 2.45) is 5.92 Å². The summed E-state index contributed by atoms with van der Waals surface area (Å²) in [7, 11) is 0. The van der Waals surface area contributed by atoms with E-state index in [1.165, 1.54) is 6.92 Å². The highest BCUT2D eigenvalue weighted by atomic mass is 16.6. The molecule has 2 aromatic carbocycles. The number of hydrogen-bond donors (Lipinski definition) is 3. The largest absolute Gasteiger partial charge is 0.456 e. The molecule has 0 bridgehead atoms. The van der Waals surface area contributed by atoms with Gasteiger partial charge in [0.15, 0.2) is 12.4 Å². The zero-order valence-electron chi connectivity index (χ0n) is 21.9. The van der Waals surface area contributed by atoms with Crippen molar-refractivity contribution in [1.82, 2.24) is 16.0 Å². The van der Waals surface area contributed by atoms with Crippen molar-refractivity contribution in [3.05, 3.63) is 71.8 Å². The maximum Gasteiger partial charge on any atom is 0.408 e. The maximum atomic E-state index is 12.6. The number of carbonyl (C=O) groups excluding carboxylic acids is 5. The second-order valence-corrected chi connectivity index (χ2v) is 9.20. The van der Waals surface area contributed by atoms with Crippen LogP contribution in [0.3, 0.4) is 0 Å². The Labute approximate surface area is 222 Å². The van der Waals surface area contributed by atoms with E-state index in [1.54, 1.807) is 12.1 Å². The molecule has 0 aliphatic rings. The molecule has 0 aliphatic heterocycles. The molecule has 2 rings (SSSR count). The van der Waals surface area contributed by atoms with Crippen LogP contribution in [0, 0.1) is 5.92 Å². The molecule has 204 valence electrons. The number of hydrogen-bond acceptors (Lipinski definition) is 7. The van der Waals surface area contributed by atoms with E-state index in [9.17, 15) is 24.0 Å². The van der Waals surface area contributed by atoms with Crippen molar-refractivity contribution >= 4 is 29.7 Å². The van der Waals surface area contributed by atoms with Gasteiger partial charge in [-0.1, -0.05) is 74.5 Å². The SMILES string of the molecule is CC(=O)N[C@@H](Cc1ccccc1)C(=O)NCC(=O)COC(=O)[C@H](CC(C)C)NC(=O)OCc1ccccc1. The predicted molar refractivity (Wildman–Crippen MR) is 140 cm³/mol. The Balaban J connectivity index is 1.83. The Morgan fingerprint density at radius 3 is 1.97 bits per heavy atom. The minimum absolute atomic E-state index is 0.0397. The summed E-state index contributed by atoms with van der Waals surface area (Å²) in [5, 5.41) is 7.54. The second-order valence-electron chi connectivity index (χ2n) is 9.20. The number of carbonyl (C=O) groups is 5.